The van der Waals surface area contributed by atoms with Crippen molar-refractivity contribution in [3.05, 3.63) is 54.1 Å². The number of hydrogen-bond acceptors (Lipinski definition) is 8. The predicted molar refractivity (Wildman–Crippen MR) is 142 cm³/mol. The fourth-order valence-electron chi connectivity index (χ4n) is 4.08. The number of hydroxylamine groups is 1. The van der Waals surface area contributed by atoms with Gasteiger partial charge in [-0.15, -0.1) is 13.2 Å². The van der Waals surface area contributed by atoms with Crippen LogP contribution < -0.4 is 20.3 Å². The van der Waals surface area contributed by atoms with Crippen LogP contribution in [-0.2, 0) is 14.4 Å². The molecule has 2 aliphatic rings. The molecule has 216 valence electrons. The van der Waals surface area contributed by atoms with Crippen molar-refractivity contribution in [1.29, 1.82) is 0 Å². The number of carbonyl (C=O) groups is 1. The first-order valence-corrected chi connectivity index (χ1v) is 13.7. The molecule has 2 aliphatic heterocycles. The van der Waals surface area contributed by atoms with E-state index < -0.39 is 6.36 Å². The maximum absolute atomic E-state index is 12.2. The van der Waals surface area contributed by atoms with E-state index in [1.807, 2.05) is 7.05 Å². The summed E-state index contributed by atoms with van der Waals surface area (Å²) in [7, 11) is 1.96. The molecule has 0 aromatic heterocycles. The van der Waals surface area contributed by atoms with Crippen LogP contribution in [0.2, 0.25) is 0 Å². The number of rotatable bonds is 10. The van der Waals surface area contributed by atoms with Crippen molar-refractivity contribution in [3.63, 3.8) is 0 Å². The first kappa shape index (κ1) is 31.0. The van der Waals surface area contributed by atoms with Gasteiger partial charge in [0.1, 0.15) is 17.6 Å². The van der Waals surface area contributed by atoms with Gasteiger partial charge in [0.25, 0.3) is 0 Å². The Morgan fingerprint density at radius 3 is 2.36 bits per heavy atom. The van der Waals surface area contributed by atoms with Gasteiger partial charge in [-0.2, -0.15) is 0 Å². The van der Waals surface area contributed by atoms with Crippen LogP contribution in [0.3, 0.4) is 0 Å². The summed E-state index contributed by atoms with van der Waals surface area (Å²) in [4.78, 5) is 15.8. The Morgan fingerprint density at radius 1 is 1.05 bits per heavy atom. The average Bonchev–Trinajstić information content (AvgIpc) is 2.94. The molecule has 0 radical (unpaired) electrons. The molecule has 39 heavy (non-hydrogen) atoms. The predicted octanol–water partition coefficient (Wildman–Crippen LogP) is 5.61. The van der Waals surface area contributed by atoms with Gasteiger partial charge < -0.3 is 19.5 Å². The van der Waals surface area contributed by atoms with Crippen molar-refractivity contribution in [1.82, 2.24) is 15.1 Å². The second kappa shape index (κ2) is 15.9. The third-order valence-corrected chi connectivity index (χ3v) is 7.38. The Kier molecular flexibility index (Phi) is 12.7. The molecule has 1 amide bonds. The topological polar surface area (TPSA) is 81.3 Å². The van der Waals surface area contributed by atoms with Crippen molar-refractivity contribution >= 4 is 18.4 Å². The van der Waals surface area contributed by atoms with E-state index in [4.69, 9.17) is 14.3 Å². The molecule has 0 spiro atoms. The molecule has 2 saturated heterocycles. The molecule has 2 heterocycles. The Bertz CT molecular complexity index is 985. The zero-order valence-electron chi connectivity index (χ0n) is 22.1. The molecule has 2 aromatic rings. The van der Waals surface area contributed by atoms with Crippen molar-refractivity contribution in [2.24, 2.45) is 0 Å². The second-order valence-corrected chi connectivity index (χ2v) is 10.2. The zero-order chi connectivity index (χ0) is 28.1. The summed E-state index contributed by atoms with van der Waals surface area (Å²) in [6, 6.07) is 14.2. The highest BCUT2D eigenvalue weighted by molar-refractivity contribution is 7.97. The molecular formula is C27H36F3N3O5S. The summed E-state index contributed by atoms with van der Waals surface area (Å²) < 4.78 is 54.0. The first-order chi connectivity index (χ1) is 18.8. The lowest BCUT2D eigenvalue weighted by Gasteiger charge is -2.32. The van der Waals surface area contributed by atoms with E-state index in [2.05, 4.69) is 51.0 Å². The van der Waals surface area contributed by atoms with Crippen molar-refractivity contribution in [2.75, 3.05) is 26.7 Å². The van der Waals surface area contributed by atoms with Crippen LogP contribution in [0.25, 0.3) is 0 Å². The van der Waals surface area contributed by atoms with Gasteiger partial charge in [-0.1, -0.05) is 18.2 Å². The van der Waals surface area contributed by atoms with E-state index in [-0.39, 0.29) is 24.2 Å². The highest BCUT2D eigenvalue weighted by Crippen LogP contribution is 2.33. The quantitative estimate of drug-likeness (QED) is 0.217. The molecule has 2 atom stereocenters. The number of piperidine rings is 1. The Labute approximate surface area is 231 Å². The number of amides is 1. The van der Waals surface area contributed by atoms with Gasteiger partial charge in [0.2, 0.25) is 6.41 Å². The van der Waals surface area contributed by atoms with E-state index in [1.54, 1.807) is 11.9 Å². The van der Waals surface area contributed by atoms with Gasteiger partial charge in [-0.05, 0) is 87.5 Å². The van der Waals surface area contributed by atoms with E-state index >= 15 is 0 Å². The number of carbonyl (C=O) groups excluding carboxylic acids is 1. The highest BCUT2D eigenvalue weighted by Gasteiger charge is 2.31. The number of alkyl halides is 3. The smallest absolute Gasteiger partial charge is 0.490 e. The second-order valence-electron chi connectivity index (χ2n) is 9.05. The third kappa shape index (κ3) is 11.2. The Morgan fingerprint density at radius 2 is 1.74 bits per heavy atom. The lowest BCUT2D eigenvalue weighted by molar-refractivity contribution is -0.274. The minimum atomic E-state index is -4.68. The first-order valence-electron chi connectivity index (χ1n) is 13.0. The number of nitrogens with zero attached hydrogens (tertiary/aromatic N) is 1. The summed E-state index contributed by atoms with van der Waals surface area (Å²) in [5, 5.41) is 3.29. The molecule has 8 nitrogen and oxygen atoms in total. The van der Waals surface area contributed by atoms with Crippen LogP contribution in [0.5, 0.6) is 11.5 Å². The van der Waals surface area contributed by atoms with E-state index in [0.29, 0.717) is 12.2 Å². The standard InChI is InChI=1S/C21H25F3N2O2S.C6H11NO3/c1-15(25-2)19-5-3-4-6-20(19)29-26-13-11-17(12-14-26)27-16-7-9-18(10-8-16)28-21(22,23)24;8-5-7-10-6-3-1-2-4-9-6/h3-10,15,17,25H,11-14H2,1-2H3;5-6H,1-4H2,(H,7,8). The Balaban J connectivity index is 0.000000353. The molecule has 0 aliphatic carbocycles. The van der Waals surface area contributed by atoms with Gasteiger partial charge in [0.15, 0.2) is 6.29 Å². The number of ether oxygens (including phenoxy) is 3. The molecule has 0 bridgehead atoms. The maximum Gasteiger partial charge on any atom is 0.573 e. The summed E-state index contributed by atoms with van der Waals surface area (Å²) in [6.07, 6.45) is 0.392. The van der Waals surface area contributed by atoms with E-state index in [0.717, 1.165) is 51.8 Å². The molecular weight excluding hydrogens is 535 g/mol. The molecule has 12 heteroatoms. The van der Waals surface area contributed by atoms with Crippen LogP contribution in [-0.4, -0.2) is 56.2 Å². The lowest BCUT2D eigenvalue weighted by Crippen LogP contribution is -2.34. The molecule has 0 saturated carbocycles. The number of benzene rings is 2. The molecule has 2 N–H and O–H groups in total. The van der Waals surface area contributed by atoms with Gasteiger partial charge in [0, 0.05) is 37.1 Å². The summed E-state index contributed by atoms with van der Waals surface area (Å²) in [5.74, 6) is 0.310. The zero-order valence-corrected chi connectivity index (χ0v) is 22.9. The largest absolute Gasteiger partial charge is 0.573 e. The fraction of sp³-hybridized carbons (Fsp3) is 0.519. The maximum atomic E-state index is 12.2. The Hall–Kier alpha value is -2.51. The van der Waals surface area contributed by atoms with Gasteiger partial charge in [-0.25, -0.2) is 14.6 Å². The van der Waals surface area contributed by atoms with Gasteiger partial charge >= 0.3 is 6.36 Å². The monoisotopic (exact) mass is 571 g/mol. The third-order valence-electron chi connectivity index (χ3n) is 6.19. The van der Waals surface area contributed by atoms with Crippen molar-refractivity contribution in [2.45, 2.75) is 68.7 Å². The van der Waals surface area contributed by atoms with Crippen LogP contribution in [0.1, 0.15) is 50.6 Å². The van der Waals surface area contributed by atoms with E-state index in [1.165, 1.54) is 34.7 Å². The van der Waals surface area contributed by atoms with Crippen LogP contribution >= 0.6 is 11.9 Å². The molecule has 2 aromatic carbocycles. The van der Waals surface area contributed by atoms with Gasteiger partial charge in [-0.3, -0.25) is 4.79 Å². The average molecular weight is 572 g/mol. The van der Waals surface area contributed by atoms with Crippen LogP contribution in [0, 0.1) is 0 Å². The highest BCUT2D eigenvalue weighted by atomic mass is 32.2. The number of hydrogen-bond donors (Lipinski definition) is 2. The minimum Gasteiger partial charge on any atom is -0.490 e. The summed E-state index contributed by atoms with van der Waals surface area (Å²) >= 11 is 1.77. The molecule has 2 unspecified atom stereocenters. The normalized spacial score (nSPS) is 19.4. The minimum absolute atomic E-state index is 0.0488. The number of nitrogens with one attached hydrogen (secondary N) is 2. The molecule has 2 fully saturated rings. The number of halogens is 3. The summed E-state index contributed by atoms with van der Waals surface area (Å²) in [5.41, 5.74) is 3.39. The van der Waals surface area contributed by atoms with Crippen molar-refractivity contribution in [3.8, 4) is 11.5 Å². The lowest BCUT2D eigenvalue weighted by atomic mass is 10.1. The van der Waals surface area contributed by atoms with Gasteiger partial charge in [0.05, 0.1) is 0 Å². The summed E-state index contributed by atoms with van der Waals surface area (Å²) in [6.45, 7) is 4.63. The van der Waals surface area contributed by atoms with Crippen molar-refractivity contribution < 1.29 is 37.0 Å². The SMILES string of the molecule is CNC(C)c1ccccc1SN1CCC(Oc2ccc(OC(F)(F)F)cc2)CC1.O=CNOC1CCCCO1. The van der Waals surface area contributed by atoms with Crippen LogP contribution in [0.4, 0.5) is 13.2 Å². The van der Waals surface area contributed by atoms with E-state index in [9.17, 15) is 18.0 Å². The fourth-order valence-corrected chi connectivity index (χ4v) is 5.24. The molecule has 4 rings (SSSR count). The van der Waals surface area contributed by atoms with Crippen LogP contribution in [0.15, 0.2) is 53.4 Å².